The summed E-state index contributed by atoms with van der Waals surface area (Å²) in [6.45, 7) is 2.93. The molecule has 0 saturated heterocycles. The number of rotatable bonds is 2. The summed E-state index contributed by atoms with van der Waals surface area (Å²) in [5.41, 5.74) is -0.732. The van der Waals surface area contributed by atoms with Gasteiger partial charge in [0, 0.05) is 5.56 Å². The molecule has 1 N–H and O–H groups in total. The summed E-state index contributed by atoms with van der Waals surface area (Å²) in [7, 11) is -3.61. The highest BCUT2D eigenvalue weighted by Crippen LogP contribution is 2.38. The average Bonchev–Trinajstić information content (AvgIpc) is 2.44. The molecule has 1 aliphatic heterocycles. The van der Waals surface area contributed by atoms with Crippen LogP contribution in [0, 0.1) is 5.82 Å². The van der Waals surface area contributed by atoms with Crippen molar-refractivity contribution in [2.24, 2.45) is 0 Å². The zero-order valence-electron chi connectivity index (χ0n) is 9.94. The fraction of sp³-hybridized carbons (Fsp3) is 0.455. The molecule has 0 aromatic heterocycles. The van der Waals surface area contributed by atoms with Gasteiger partial charge < -0.3 is 5.11 Å². The molecule has 0 spiro atoms. The second kappa shape index (κ2) is 4.18. The minimum atomic E-state index is -3.61. The Morgan fingerprint density at radius 2 is 2.11 bits per heavy atom. The van der Waals surface area contributed by atoms with Crippen LogP contribution in [0.4, 0.5) is 10.1 Å². The van der Waals surface area contributed by atoms with E-state index < -0.39 is 21.4 Å². The van der Waals surface area contributed by atoms with Gasteiger partial charge >= 0.3 is 0 Å². The Morgan fingerprint density at radius 3 is 2.67 bits per heavy atom. The van der Waals surface area contributed by atoms with Crippen LogP contribution in [0.1, 0.15) is 19.4 Å². The Hall–Kier alpha value is -0.660. The van der Waals surface area contributed by atoms with Gasteiger partial charge in [0.05, 0.1) is 28.1 Å². The third kappa shape index (κ3) is 2.39. The second-order valence-corrected chi connectivity index (χ2v) is 7.68. The maximum atomic E-state index is 13.9. The predicted molar refractivity (Wildman–Crippen MR) is 70.4 cm³/mol. The lowest BCUT2D eigenvalue weighted by Crippen LogP contribution is -2.40. The second-order valence-electron chi connectivity index (χ2n) is 4.93. The quantitative estimate of drug-likeness (QED) is 0.898. The van der Waals surface area contributed by atoms with E-state index >= 15 is 0 Å². The van der Waals surface area contributed by atoms with Crippen molar-refractivity contribution in [3.05, 3.63) is 28.0 Å². The third-order valence-electron chi connectivity index (χ3n) is 2.63. The maximum absolute atomic E-state index is 13.9. The Morgan fingerprint density at radius 1 is 1.50 bits per heavy atom. The first kappa shape index (κ1) is 13.8. The van der Waals surface area contributed by atoms with Crippen LogP contribution in [-0.4, -0.2) is 25.7 Å². The highest BCUT2D eigenvalue weighted by Gasteiger charge is 2.38. The van der Waals surface area contributed by atoms with Crippen molar-refractivity contribution in [3.63, 3.8) is 0 Å². The van der Waals surface area contributed by atoms with Crippen LogP contribution in [0.3, 0.4) is 0 Å². The fourth-order valence-electron chi connectivity index (χ4n) is 1.90. The van der Waals surface area contributed by atoms with Crippen LogP contribution in [0.5, 0.6) is 0 Å². The number of anilines is 1. The number of sulfonamides is 1. The molecule has 1 aromatic carbocycles. The summed E-state index contributed by atoms with van der Waals surface area (Å²) in [5.74, 6) is -0.932. The first-order chi connectivity index (χ1) is 8.12. The molecule has 7 heteroatoms. The van der Waals surface area contributed by atoms with E-state index in [1.54, 1.807) is 6.07 Å². The zero-order valence-corrected chi connectivity index (χ0v) is 12.3. The molecular formula is C11H13BrFNO3S. The number of hydrogen-bond acceptors (Lipinski definition) is 3. The topological polar surface area (TPSA) is 57.6 Å². The van der Waals surface area contributed by atoms with Crippen molar-refractivity contribution in [1.29, 1.82) is 0 Å². The molecule has 1 heterocycles. The lowest BCUT2D eigenvalue weighted by Gasteiger charge is -2.26. The first-order valence-corrected chi connectivity index (χ1v) is 7.72. The van der Waals surface area contributed by atoms with Crippen molar-refractivity contribution in [2.75, 3.05) is 10.8 Å². The van der Waals surface area contributed by atoms with E-state index in [2.05, 4.69) is 15.9 Å². The van der Waals surface area contributed by atoms with Crippen molar-refractivity contribution in [1.82, 2.24) is 0 Å². The Kier molecular flexibility index (Phi) is 3.19. The summed E-state index contributed by atoms with van der Waals surface area (Å²) in [5, 5.41) is 9.75. The minimum Gasteiger partial charge on any atom is -0.389 e. The Labute approximate surface area is 114 Å². The van der Waals surface area contributed by atoms with Gasteiger partial charge in [-0.2, -0.15) is 0 Å². The molecule has 2 rings (SSSR count). The molecule has 1 aliphatic rings. The van der Waals surface area contributed by atoms with Crippen LogP contribution in [0.2, 0.25) is 0 Å². The van der Waals surface area contributed by atoms with Crippen LogP contribution in [0.25, 0.3) is 0 Å². The number of aliphatic hydroxyl groups is 1. The standard InChI is InChI=1S/C11H13BrFNO3S/c1-11(2,15)6-14-9-4-3-8(12)10(13)7(9)5-18(14,16)17/h3-4,15H,5-6H2,1-2H3. The van der Waals surface area contributed by atoms with E-state index in [0.29, 0.717) is 5.69 Å². The van der Waals surface area contributed by atoms with Crippen molar-refractivity contribution >= 4 is 31.6 Å². The van der Waals surface area contributed by atoms with Gasteiger partial charge in [0.2, 0.25) is 10.0 Å². The average molecular weight is 338 g/mol. The van der Waals surface area contributed by atoms with E-state index in [1.807, 2.05) is 0 Å². The molecule has 0 unspecified atom stereocenters. The Balaban J connectivity index is 2.54. The molecule has 0 bridgehead atoms. The van der Waals surface area contributed by atoms with Crippen LogP contribution in [0.15, 0.2) is 16.6 Å². The molecule has 100 valence electrons. The van der Waals surface area contributed by atoms with Crippen LogP contribution in [-0.2, 0) is 15.8 Å². The van der Waals surface area contributed by atoms with Crippen molar-refractivity contribution in [2.45, 2.75) is 25.2 Å². The number of halogens is 2. The van der Waals surface area contributed by atoms with Gasteiger partial charge in [-0.3, -0.25) is 4.31 Å². The number of hydrogen-bond donors (Lipinski definition) is 1. The van der Waals surface area contributed by atoms with E-state index in [1.165, 1.54) is 19.9 Å². The van der Waals surface area contributed by atoms with Crippen LogP contribution < -0.4 is 4.31 Å². The molecule has 0 fully saturated rings. The summed E-state index contributed by atoms with van der Waals surface area (Å²) >= 11 is 3.03. The number of β-amino-alcohol motifs (C(OH)–C–C–N with tert-alkyl or cyclic N) is 1. The van der Waals surface area contributed by atoms with Crippen LogP contribution >= 0.6 is 15.9 Å². The highest BCUT2D eigenvalue weighted by atomic mass is 79.9. The van der Waals surface area contributed by atoms with Gasteiger partial charge in [-0.1, -0.05) is 0 Å². The first-order valence-electron chi connectivity index (χ1n) is 5.31. The third-order valence-corrected chi connectivity index (χ3v) is 4.90. The summed E-state index contributed by atoms with van der Waals surface area (Å²) in [6.07, 6.45) is 0. The van der Waals surface area contributed by atoms with Crippen molar-refractivity contribution in [3.8, 4) is 0 Å². The highest BCUT2D eigenvalue weighted by molar-refractivity contribution is 9.10. The van der Waals surface area contributed by atoms with Gasteiger partial charge in [-0.15, -0.1) is 0 Å². The number of fused-ring (bicyclic) bond motifs is 1. The zero-order chi connectivity index (χ0) is 13.7. The number of nitrogens with zero attached hydrogens (tertiary/aromatic N) is 1. The fourth-order valence-corrected chi connectivity index (χ4v) is 4.05. The smallest absolute Gasteiger partial charge is 0.239 e. The SMILES string of the molecule is CC(C)(O)CN1c2ccc(Br)c(F)c2CS1(=O)=O. The minimum absolute atomic E-state index is 0.0938. The van der Waals surface area contributed by atoms with Gasteiger partial charge in [0.1, 0.15) is 5.82 Å². The van der Waals surface area contributed by atoms with Gasteiger partial charge in [-0.05, 0) is 41.9 Å². The normalized spacial score (nSPS) is 17.9. The van der Waals surface area contributed by atoms with E-state index in [9.17, 15) is 17.9 Å². The van der Waals surface area contributed by atoms with Crippen molar-refractivity contribution < 1.29 is 17.9 Å². The molecule has 0 radical (unpaired) electrons. The Bertz CT molecular complexity index is 595. The number of benzene rings is 1. The lowest BCUT2D eigenvalue weighted by atomic mass is 10.1. The molecular weight excluding hydrogens is 325 g/mol. The predicted octanol–water partition coefficient (Wildman–Crippen LogP) is 2.01. The molecule has 18 heavy (non-hydrogen) atoms. The maximum Gasteiger partial charge on any atom is 0.239 e. The van der Waals surface area contributed by atoms with Gasteiger partial charge in [0.15, 0.2) is 0 Å². The van der Waals surface area contributed by atoms with Gasteiger partial charge in [0.25, 0.3) is 0 Å². The monoisotopic (exact) mass is 337 g/mol. The largest absolute Gasteiger partial charge is 0.389 e. The van der Waals surface area contributed by atoms with E-state index in [4.69, 9.17) is 0 Å². The summed E-state index contributed by atoms with van der Waals surface area (Å²) < 4.78 is 39.1. The van der Waals surface area contributed by atoms with E-state index in [-0.39, 0.29) is 22.3 Å². The van der Waals surface area contributed by atoms with E-state index in [0.717, 1.165) is 4.31 Å². The molecule has 0 atom stereocenters. The molecule has 4 nitrogen and oxygen atoms in total. The molecule has 0 aliphatic carbocycles. The molecule has 1 aromatic rings. The molecule has 0 amide bonds. The summed E-state index contributed by atoms with van der Waals surface area (Å²) in [4.78, 5) is 0. The summed E-state index contributed by atoms with van der Waals surface area (Å²) in [6, 6.07) is 3.01. The lowest BCUT2D eigenvalue weighted by molar-refractivity contribution is 0.0910. The van der Waals surface area contributed by atoms with Gasteiger partial charge in [-0.25, -0.2) is 12.8 Å². The molecule has 0 saturated carbocycles.